The quantitative estimate of drug-likeness (QED) is 0.177. The number of unbranched alkanes of at least 4 members (excludes halogenated alkanes) is 1. The van der Waals surface area contributed by atoms with Crippen LogP contribution in [-0.2, 0) is 6.42 Å². The molecular formula is C26H25FN2. The van der Waals surface area contributed by atoms with Crippen molar-refractivity contribution in [2.24, 2.45) is 10.2 Å². The number of allylic oxidation sites excluding steroid dienone is 1. The van der Waals surface area contributed by atoms with Gasteiger partial charge in [0.05, 0.1) is 12.4 Å². The number of benzene rings is 3. The van der Waals surface area contributed by atoms with Gasteiger partial charge < -0.3 is 0 Å². The first-order valence-corrected chi connectivity index (χ1v) is 9.78. The molecule has 0 saturated heterocycles. The smallest absolute Gasteiger partial charge is 0.131 e. The Kier molecular flexibility index (Phi) is 7.23. The van der Waals surface area contributed by atoms with Crippen molar-refractivity contribution >= 4 is 12.4 Å². The zero-order valence-electron chi connectivity index (χ0n) is 16.7. The predicted octanol–water partition coefficient (Wildman–Crippen LogP) is 6.76. The van der Waals surface area contributed by atoms with Crippen LogP contribution in [-0.4, -0.2) is 12.4 Å². The summed E-state index contributed by atoms with van der Waals surface area (Å²) in [5.74, 6) is -0.270. The lowest BCUT2D eigenvalue weighted by molar-refractivity contribution is 0.631. The van der Waals surface area contributed by atoms with Crippen molar-refractivity contribution in [1.82, 2.24) is 0 Å². The second kappa shape index (κ2) is 10.3. The van der Waals surface area contributed by atoms with Crippen molar-refractivity contribution in [3.63, 3.8) is 0 Å². The van der Waals surface area contributed by atoms with Crippen LogP contribution in [0.1, 0.15) is 35.1 Å². The lowest BCUT2D eigenvalue weighted by atomic mass is 10.0. The van der Waals surface area contributed by atoms with Crippen LogP contribution in [0.5, 0.6) is 0 Å². The van der Waals surface area contributed by atoms with E-state index in [-0.39, 0.29) is 5.82 Å². The summed E-state index contributed by atoms with van der Waals surface area (Å²) >= 11 is 0. The van der Waals surface area contributed by atoms with Crippen LogP contribution in [0.15, 0.2) is 89.6 Å². The maximum Gasteiger partial charge on any atom is 0.131 e. The minimum atomic E-state index is -0.270. The first kappa shape index (κ1) is 20.4. The van der Waals surface area contributed by atoms with Crippen molar-refractivity contribution in [3.8, 4) is 11.1 Å². The fourth-order valence-corrected chi connectivity index (χ4v) is 3.00. The number of hydrogen-bond acceptors (Lipinski definition) is 2. The van der Waals surface area contributed by atoms with Gasteiger partial charge in [0.1, 0.15) is 5.82 Å². The third-order valence-electron chi connectivity index (χ3n) is 4.69. The van der Waals surface area contributed by atoms with E-state index < -0.39 is 0 Å². The van der Waals surface area contributed by atoms with Gasteiger partial charge in [-0.25, -0.2) is 4.39 Å². The Morgan fingerprint density at radius 1 is 0.862 bits per heavy atom. The Labute approximate surface area is 172 Å². The summed E-state index contributed by atoms with van der Waals surface area (Å²) < 4.78 is 14.5. The van der Waals surface area contributed by atoms with E-state index in [0.29, 0.717) is 11.1 Å². The minimum absolute atomic E-state index is 0.270. The number of hydrogen-bond donors (Lipinski definition) is 0. The summed E-state index contributed by atoms with van der Waals surface area (Å²) in [6.07, 6.45) is 8.39. The maximum absolute atomic E-state index is 14.5. The van der Waals surface area contributed by atoms with E-state index in [1.54, 1.807) is 18.5 Å². The molecule has 0 saturated carbocycles. The van der Waals surface area contributed by atoms with E-state index in [0.717, 1.165) is 36.0 Å². The summed E-state index contributed by atoms with van der Waals surface area (Å²) in [6, 6.07) is 21.2. The normalized spacial score (nSPS) is 11.4. The standard InChI is InChI=1S/C26H25FN2/c1-3-4-5-6-21-9-11-22(12-10-21)18-28-29-19-23-13-16-25(26(27)17-23)24-14-7-20(2)8-15-24/h3,7-19H,1,4-6H2,2H3. The van der Waals surface area contributed by atoms with Gasteiger partial charge in [-0.15, -0.1) is 6.58 Å². The molecule has 0 bridgehead atoms. The Morgan fingerprint density at radius 2 is 1.52 bits per heavy atom. The van der Waals surface area contributed by atoms with E-state index in [1.165, 1.54) is 11.6 Å². The Bertz CT molecular complexity index is 1000. The van der Waals surface area contributed by atoms with Crippen LogP contribution < -0.4 is 0 Å². The SMILES string of the molecule is C=CCCCc1ccc(C=NN=Cc2ccc(-c3ccc(C)cc3)c(F)c2)cc1. The van der Waals surface area contributed by atoms with Crippen LogP contribution in [0.4, 0.5) is 4.39 Å². The lowest BCUT2D eigenvalue weighted by Crippen LogP contribution is -1.89. The molecule has 3 heteroatoms. The summed E-state index contributed by atoms with van der Waals surface area (Å²) in [4.78, 5) is 0. The third kappa shape index (κ3) is 6.08. The van der Waals surface area contributed by atoms with Crippen molar-refractivity contribution in [3.05, 3.63) is 107 Å². The van der Waals surface area contributed by atoms with E-state index >= 15 is 0 Å². The van der Waals surface area contributed by atoms with E-state index in [1.807, 2.05) is 55.5 Å². The topological polar surface area (TPSA) is 24.7 Å². The fraction of sp³-hybridized carbons (Fsp3) is 0.154. The van der Waals surface area contributed by atoms with E-state index in [2.05, 4.69) is 28.9 Å². The highest BCUT2D eigenvalue weighted by Crippen LogP contribution is 2.23. The molecule has 0 amide bonds. The molecule has 2 nitrogen and oxygen atoms in total. The van der Waals surface area contributed by atoms with Crippen LogP contribution in [0, 0.1) is 12.7 Å². The number of nitrogens with zero attached hydrogens (tertiary/aromatic N) is 2. The molecule has 0 radical (unpaired) electrons. The zero-order chi connectivity index (χ0) is 20.5. The Morgan fingerprint density at radius 3 is 2.17 bits per heavy atom. The fourth-order valence-electron chi connectivity index (χ4n) is 3.00. The molecule has 29 heavy (non-hydrogen) atoms. The molecule has 0 aliphatic heterocycles. The first-order valence-electron chi connectivity index (χ1n) is 9.78. The highest BCUT2D eigenvalue weighted by atomic mass is 19.1. The molecule has 0 spiro atoms. The van der Waals surface area contributed by atoms with Crippen molar-refractivity contribution in [1.29, 1.82) is 0 Å². The average molecular weight is 384 g/mol. The molecule has 3 aromatic carbocycles. The molecule has 0 fully saturated rings. The van der Waals surface area contributed by atoms with Crippen molar-refractivity contribution in [2.75, 3.05) is 0 Å². The monoisotopic (exact) mass is 384 g/mol. The second-order valence-electron chi connectivity index (χ2n) is 7.02. The van der Waals surface area contributed by atoms with Crippen LogP contribution >= 0.6 is 0 Å². The van der Waals surface area contributed by atoms with Crippen molar-refractivity contribution < 1.29 is 4.39 Å². The molecule has 0 aliphatic rings. The molecule has 0 aromatic heterocycles. The Hall–Kier alpha value is -3.33. The van der Waals surface area contributed by atoms with Gasteiger partial charge in [-0.3, -0.25) is 0 Å². The largest absolute Gasteiger partial charge is 0.206 e. The first-order chi connectivity index (χ1) is 14.2. The van der Waals surface area contributed by atoms with Gasteiger partial charge in [0.15, 0.2) is 0 Å². The van der Waals surface area contributed by atoms with Crippen LogP contribution in [0.3, 0.4) is 0 Å². The number of rotatable bonds is 8. The van der Waals surface area contributed by atoms with Gasteiger partial charge in [-0.2, -0.15) is 10.2 Å². The summed E-state index contributed by atoms with van der Waals surface area (Å²) in [6.45, 7) is 5.76. The van der Waals surface area contributed by atoms with Crippen molar-refractivity contribution in [2.45, 2.75) is 26.2 Å². The summed E-state index contributed by atoms with van der Waals surface area (Å²) in [5.41, 5.74) is 5.56. The van der Waals surface area contributed by atoms with Gasteiger partial charge in [0, 0.05) is 5.56 Å². The lowest BCUT2D eigenvalue weighted by Gasteiger charge is -2.04. The predicted molar refractivity (Wildman–Crippen MR) is 121 cm³/mol. The van der Waals surface area contributed by atoms with Gasteiger partial charge >= 0.3 is 0 Å². The van der Waals surface area contributed by atoms with Gasteiger partial charge in [-0.1, -0.05) is 72.3 Å². The molecule has 0 aliphatic carbocycles. The molecule has 0 heterocycles. The highest BCUT2D eigenvalue weighted by molar-refractivity contribution is 5.83. The molecule has 3 aromatic rings. The highest BCUT2D eigenvalue weighted by Gasteiger charge is 2.05. The Balaban J connectivity index is 1.60. The molecule has 0 N–H and O–H groups in total. The van der Waals surface area contributed by atoms with Gasteiger partial charge in [-0.05, 0) is 54.5 Å². The van der Waals surface area contributed by atoms with E-state index in [4.69, 9.17) is 0 Å². The third-order valence-corrected chi connectivity index (χ3v) is 4.69. The number of aryl methyl sites for hydroxylation is 2. The average Bonchev–Trinajstić information content (AvgIpc) is 2.73. The van der Waals surface area contributed by atoms with Gasteiger partial charge in [0.2, 0.25) is 0 Å². The number of halogens is 1. The zero-order valence-corrected chi connectivity index (χ0v) is 16.7. The molecule has 3 rings (SSSR count). The second-order valence-corrected chi connectivity index (χ2v) is 7.02. The molecule has 0 atom stereocenters. The van der Waals surface area contributed by atoms with Gasteiger partial charge in [0.25, 0.3) is 0 Å². The van der Waals surface area contributed by atoms with Crippen LogP contribution in [0.25, 0.3) is 11.1 Å². The minimum Gasteiger partial charge on any atom is -0.206 e. The maximum atomic E-state index is 14.5. The van der Waals surface area contributed by atoms with E-state index in [9.17, 15) is 4.39 Å². The molecule has 146 valence electrons. The van der Waals surface area contributed by atoms with Crippen LogP contribution in [0.2, 0.25) is 0 Å². The molecular weight excluding hydrogens is 359 g/mol. The summed E-state index contributed by atoms with van der Waals surface area (Å²) in [7, 11) is 0. The molecule has 0 unspecified atom stereocenters. The summed E-state index contributed by atoms with van der Waals surface area (Å²) in [5, 5.41) is 8.11.